The number of benzene rings is 1. The summed E-state index contributed by atoms with van der Waals surface area (Å²) >= 11 is 0. The van der Waals surface area contributed by atoms with Crippen LogP contribution in [0.1, 0.15) is 18.1 Å². The molecule has 0 amide bonds. The van der Waals surface area contributed by atoms with E-state index in [2.05, 4.69) is 6.92 Å². The first-order valence-electron chi connectivity index (χ1n) is 3.71. The van der Waals surface area contributed by atoms with Gasteiger partial charge in [-0.1, -0.05) is 17.7 Å². The average Bonchev–Trinajstić information content (AvgIpc) is 2.27. The van der Waals surface area contributed by atoms with Crippen LogP contribution in [-0.2, 0) is 6.42 Å². The zero-order valence-electron chi connectivity index (χ0n) is 6.39. The van der Waals surface area contributed by atoms with Gasteiger partial charge in [0.2, 0.25) is 0 Å². The van der Waals surface area contributed by atoms with Crippen LogP contribution in [-0.4, -0.2) is 0 Å². The summed E-state index contributed by atoms with van der Waals surface area (Å²) in [6.07, 6.45) is 3.02. The molecule has 0 N–H and O–H groups in total. The van der Waals surface area contributed by atoms with E-state index in [1.165, 1.54) is 17.2 Å². The number of allylic oxidation sites excluding steroid dienone is 1. The molecule has 2 rings (SSSR count). The summed E-state index contributed by atoms with van der Waals surface area (Å²) in [5, 5.41) is 0. The zero-order chi connectivity index (χ0) is 7.84. The fraction of sp³-hybridized carbons (Fsp3) is 0.200. The second kappa shape index (κ2) is 2.19. The van der Waals surface area contributed by atoms with E-state index in [4.69, 9.17) is 0 Å². The Hall–Kier alpha value is -1.11. The summed E-state index contributed by atoms with van der Waals surface area (Å²) in [5.41, 5.74) is 3.59. The fourth-order valence-electron chi connectivity index (χ4n) is 1.48. The monoisotopic (exact) mass is 148 g/mol. The van der Waals surface area contributed by atoms with E-state index >= 15 is 0 Å². The molecule has 1 aliphatic rings. The molecule has 0 saturated heterocycles. The van der Waals surface area contributed by atoms with Gasteiger partial charge in [0.05, 0.1) is 0 Å². The Morgan fingerprint density at radius 2 is 2.18 bits per heavy atom. The van der Waals surface area contributed by atoms with E-state index in [1.807, 2.05) is 12.1 Å². The van der Waals surface area contributed by atoms with E-state index in [-0.39, 0.29) is 5.82 Å². The van der Waals surface area contributed by atoms with E-state index in [0.717, 1.165) is 12.0 Å². The van der Waals surface area contributed by atoms with Gasteiger partial charge in [-0.2, -0.15) is 0 Å². The summed E-state index contributed by atoms with van der Waals surface area (Å²) in [5.74, 6) is -0.144. The predicted molar refractivity (Wildman–Crippen MR) is 43.8 cm³/mol. The molecule has 0 atom stereocenters. The minimum atomic E-state index is -0.144. The molecular weight excluding hydrogens is 139 g/mol. The van der Waals surface area contributed by atoms with Crippen molar-refractivity contribution in [2.75, 3.05) is 0 Å². The molecule has 11 heavy (non-hydrogen) atoms. The molecule has 1 aromatic carbocycles. The quantitative estimate of drug-likeness (QED) is 0.530. The van der Waals surface area contributed by atoms with Gasteiger partial charge < -0.3 is 0 Å². The largest absolute Gasteiger partial charge is 0.207 e. The summed E-state index contributed by atoms with van der Waals surface area (Å²) < 4.78 is 12.7. The molecule has 1 heteroatoms. The van der Waals surface area contributed by atoms with Gasteiger partial charge in [0.1, 0.15) is 5.82 Å². The van der Waals surface area contributed by atoms with Crippen LogP contribution in [0.4, 0.5) is 4.39 Å². The van der Waals surface area contributed by atoms with Crippen molar-refractivity contribution in [1.29, 1.82) is 0 Å². The lowest BCUT2D eigenvalue weighted by molar-refractivity contribution is 0.627. The first-order chi connectivity index (χ1) is 5.25. The lowest BCUT2D eigenvalue weighted by Crippen LogP contribution is -1.83. The SMILES string of the molecule is CC1=Cc2cc(F)ccc2C1. The van der Waals surface area contributed by atoms with Crippen LogP contribution in [0.5, 0.6) is 0 Å². The Morgan fingerprint density at radius 1 is 1.36 bits per heavy atom. The molecular formula is C10H9F. The summed E-state index contributed by atoms with van der Waals surface area (Å²) in [7, 11) is 0. The maximum Gasteiger partial charge on any atom is 0.123 e. The Balaban J connectivity index is 2.54. The molecule has 0 bridgehead atoms. The topological polar surface area (TPSA) is 0 Å². The van der Waals surface area contributed by atoms with Gasteiger partial charge in [0.15, 0.2) is 0 Å². The van der Waals surface area contributed by atoms with Gasteiger partial charge in [-0.15, -0.1) is 0 Å². The molecule has 0 spiro atoms. The van der Waals surface area contributed by atoms with Gasteiger partial charge in [0.25, 0.3) is 0 Å². The molecule has 0 fully saturated rings. The van der Waals surface area contributed by atoms with Gasteiger partial charge in [-0.05, 0) is 36.6 Å². The van der Waals surface area contributed by atoms with E-state index in [1.54, 1.807) is 6.07 Å². The average molecular weight is 148 g/mol. The third-order valence-electron chi connectivity index (χ3n) is 1.98. The number of hydrogen-bond acceptors (Lipinski definition) is 0. The van der Waals surface area contributed by atoms with Crippen molar-refractivity contribution < 1.29 is 4.39 Å². The molecule has 1 aromatic rings. The maximum absolute atomic E-state index is 12.7. The molecule has 56 valence electrons. The lowest BCUT2D eigenvalue weighted by Gasteiger charge is -1.96. The molecule has 0 radical (unpaired) electrons. The van der Waals surface area contributed by atoms with Crippen LogP contribution in [0.3, 0.4) is 0 Å². The van der Waals surface area contributed by atoms with Crippen molar-refractivity contribution >= 4 is 6.08 Å². The zero-order valence-corrected chi connectivity index (χ0v) is 6.39. The van der Waals surface area contributed by atoms with Gasteiger partial charge in [-0.25, -0.2) is 4.39 Å². The minimum absolute atomic E-state index is 0.144. The number of fused-ring (bicyclic) bond motifs is 1. The summed E-state index contributed by atoms with van der Waals surface area (Å²) in [4.78, 5) is 0. The summed E-state index contributed by atoms with van der Waals surface area (Å²) in [6.45, 7) is 2.07. The van der Waals surface area contributed by atoms with Crippen LogP contribution in [0.2, 0.25) is 0 Å². The Labute approximate surface area is 65.4 Å². The summed E-state index contributed by atoms with van der Waals surface area (Å²) in [6, 6.07) is 4.97. The van der Waals surface area contributed by atoms with Gasteiger partial charge in [0, 0.05) is 0 Å². The number of rotatable bonds is 0. The van der Waals surface area contributed by atoms with Crippen LogP contribution < -0.4 is 0 Å². The molecule has 0 aliphatic heterocycles. The van der Waals surface area contributed by atoms with E-state index in [9.17, 15) is 4.39 Å². The van der Waals surface area contributed by atoms with Crippen LogP contribution in [0.15, 0.2) is 23.8 Å². The molecule has 0 nitrogen and oxygen atoms in total. The second-order valence-electron chi connectivity index (χ2n) is 3.01. The lowest BCUT2D eigenvalue weighted by atomic mass is 10.1. The van der Waals surface area contributed by atoms with Gasteiger partial charge in [-0.3, -0.25) is 0 Å². The first-order valence-corrected chi connectivity index (χ1v) is 3.71. The third-order valence-corrected chi connectivity index (χ3v) is 1.98. The Morgan fingerprint density at radius 3 is 3.00 bits per heavy atom. The Kier molecular flexibility index (Phi) is 1.31. The number of hydrogen-bond donors (Lipinski definition) is 0. The molecule has 0 unspecified atom stereocenters. The van der Waals surface area contributed by atoms with Crippen molar-refractivity contribution in [3.8, 4) is 0 Å². The maximum atomic E-state index is 12.7. The molecule has 0 heterocycles. The second-order valence-corrected chi connectivity index (χ2v) is 3.01. The van der Waals surface area contributed by atoms with E-state index in [0.29, 0.717) is 0 Å². The number of halogens is 1. The molecule has 0 aromatic heterocycles. The Bertz CT molecular complexity index is 324. The molecule has 0 saturated carbocycles. The first kappa shape index (κ1) is 6.59. The molecule has 1 aliphatic carbocycles. The van der Waals surface area contributed by atoms with E-state index < -0.39 is 0 Å². The smallest absolute Gasteiger partial charge is 0.123 e. The van der Waals surface area contributed by atoms with Crippen LogP contribution >= 0.6 is 0 Å². The van der Waals surface area contributed by atoms with Crippen LogP contribution in [0.25, 0.3) is 6.08 Å². The van der Waals surface area contributed by atoms with Crippen molar-refractivity contribution in [2.24, 2.45) is 0 Å². The normalized spacial score (nSPS) is 14.5. The highest BCUT2D eigenvalue weighted by atomic mass is 19.1. The van der Waals surface area contributed by atoms with Crippen molar-refractivity contribution in [2.45, 2.75) is 13.3 Å². The van der Waals surface area contributed by atoms with Crippen molar-refractivity contribution in [3.05, 3.63) is 40.7 Å². The fourth-order valence-corrected chi connectivity index (χ4v) is 1.48. The van der Waals surface area contributed by atoms with Crippen LogP contribution in [0, 0.1) is 5.82 Å². The van der Waals surface area contributed by atoms with Crippen molar-refractivity contribution in [1.82, 2.24) is 0 Å². The minimum Gasteiger partial charge on any atom is -0.207 e. The highest BCUT2D eigenvalue weighted by Crippen LogP contribution is 2.24. The predicted octanol–water partition coefficient (Wildman–Crippen LogP) is 2.79. The van der Waals surface area contributed by atoms with Gasteiger partial charge >= 0.3 is 0 Å². The highest BCUT2D eigenvalue weighted by molar-refractivity contribution is 5.63. The standard InChI is InChI=1S/C10H9F/c1-7-4-8-2-3-10(11)6-9(8)5-7/h2-3,5-6H,4H2,1H3. The highest BCUT2D eigenvalue weighted by Gasteiger charge is 2.08. The van der Waals surface area contributed by atoms with Crippen molar-refractivity contribution in [3.63, 3.8) is 0 Å². The third kappa shape index (κ3) is 1.07.